The van der Waals surface area contributed by atoms with Gasteiger partial charge in [0.15, 0.2) is 0 Å². The van der Waals surface area contributed by atoms with E-state index in [1.807, 2.05) is 0 Å². The molecule has 12 heavy (non-hydrogen) atoms. The van der Waals surface area contributed by atoms with Gasteiger partial charge < -0.3 is 0 Å². The van der Waals surface area contributed by atoms with Crippen LogP contribution in [0.5, 0.6) is 0 Å². The molecule has 1 aromatic carbocycles. The molecule has 66 valence electrons. The first kappa shape index (κ1) is 9.98. The summed E-state index contributed by atoms with van der Waals surface area (Å²) in [5, 5.41) is 5.00. The van der Waals surface area contributed by atoms with Crippen LogP contribution in [0.25, 0.3) is 0 Å². The van der Waals surface area contributed by atoms with Crippen LogP contribution in [0, 0.1) is 0 Å². The van der Waals surface area contributed by atoms with Gasteiger partial charge in [0, 0.05) is 4.47 Å². The van der Waals surface area contributed by atoms with Gasteiger partial charge in [0.1, 0.15) is 4.90 Å². The van der Waals surface area contributed by atoms with Crippen molar-refractivity contribution in [2.45, 2.75) is 4.90 Å². The number of hydrogen-bond donors (Lipinski definition) is 1. The Hall–Kier alpha value is -0.100. The molecule has 0 spiro atoms. The third-order valence-electron chi connectivity index (χ3n) is 1.22. The normalized spacial score (nSPS) is 11.6. The van der Waals surface area contributed by atoms with Gasteiger partial charge in [-0.15, -0.1) is 0 Å². The van der Waals surface area contributed by atoms with Crippen molar-refractivity contribution in [2.24, 2.45) is 5.14 Å². The van der Waals surface area contributed by atoms with Crippen molar-refractivity contribution in [1.29, 1.82) is 0 Å². The highest BCUT2D eigenvalue weighted by Gasteiger charge is 2.13. The Labute approximate surface area is 83.7 Å². The second kappa shape index (κ2) is 3.33. The molecule has 0 fully saturated rings. The zero-order chi connectivity index (χ0) is 9.35. The van der Waals surface area contributed by atoms with Gasteiger partial charge in [0.2, 0.25) is 10.0 Å². The SMILES string of the molecule is NS(=O)(=O)c1cccc(Br)c1Cl. The fourth-order valence-corrected chi connectivity index (χ4v) is 2.28. The molecule has 0 bridgehead atoms. The van der Waals surface area contributed by atoms with E-state index in [4.69, 9.17) is 16.7 Å². The van der Waals surface area contributed by atoms with Gasteiger partial charge in [-0.2, -0.15) is 0 Å². The summed E-state index contributed by atoms with van der Waals surface area (Å²) >= 11 is 8.76. The molecule has 2 N–H and O–H groups in total. The molecule has 0 aromatic heterocycles. The van der Waals surface area contributed by atoms with Crippen LogP contribution in [0.1, 0.15) is 0 Å². The molecule has 0 aliphatic carbocycles. The van der Waals surface area contributed by atoms with Crippen molar-refractivity contribution in [3.8, 4) is 0 Å². The van der Waals surface area contributed by atoms with Crippen molar-refractivity contribution in [1.82, 2.24) is 0 Å². The van der Waals surface area contributed by atoms with Crippen LogP contribution in [0.4, 0.5) is 0 Å². The molecule has 0 aliphatic heterocycles. The van der Waals surface area contributed by atoms with Crippen molar-refractivity contribution >= 4 is 37.6 Å². The first-order valence-electron chi connectivity index (χ1n) is 2.90. The second-order valence-corrected chi connectivity index (χ2v) is 4.86. The van der Waals surface area contributed by atoms with E-state index >= 15 is 0 Å². The summed E-state index contributed by atoms with van der Waals surface area (Å²) in [5.41, 5.74) is 0. The summed E-state index contributed by atoms with van der Waals surface area (Å²) < 4.78 is 22.3. The summed E-state index contributed by atoms with van der Waals surface area (Å²) in [6.07, 6.45) is 0. The van der Waals surface area contributed by atoms with Crippen LogP contribution in [0.15, 0.2) is 27.6 Å². The molecule has 0 amide bonds. The number of primary sulfonamides is 1. The molecule has 0 atom stereocenters. The number of halogens is 2. The van der Waals surface area contributed by atoms with E-state index < -0.39 is 10.0 Å². The highest BCUT2D eigenvalue weighted by Crippen LogP contribution is 2.28. The molecule has 0 heterocycles. The minimum absolute atomic E-state index is 0.0708. The Kier molecular flexibility index (Phi) is 2.77. The summed E-state index contributed by atoms with van der Waals surface area (Å²) in [4.78, 5) is -0.0708. The van der Waals surface area contributed by atoms with Crippen molar-refractivity contribution in [3.63, 3.8) is 0 Å². The molecule has 0 aliphatic rings. The number of rotatable bonds is 1. The molecular weight excluding hydrogens is 265 g/mol. The summed E-state index contributed by atoms with van der Waals surface area (Å²) in [5.74, 6) is 0. The van der Waals surface area contributed by atoms with Crippen molar-refractivity contribution in [2.75, 3.05) is 0 Å². The molecule has 1 rings (SSSR count). The largest absolute Gasteiger partial charge is 0.239 e. The monoisotopic (exact) mass is 269 g/mol. The molecule has 6 heteroatoms. The molecule has 1 aromatic rings. The summed E-state index contributed by atoms with van der Waals surface area (Å²) in [6.45, 7) is 0. The Balaban J connectivity index is 3.47. The third kappa shape index (κ3) is 1.98. The lowest BCUT2D eigenvalue weighted by atomic mass is 10.4. The van der Waals surface area contributed by atoms with E-state index in [0.29, 0.717) is 4.47 Å². The van der Waals surface area contributed by atoms with Crippen molar-refractivity contribution < 1.29 is 8.42 Å². The van der Waals surface area contributed by atoms with Crippen LogP contribution in [-0.4, -0.2) is 8.42 Å². The number of nitrogens with two attached hydrogens (primary N) is 1. The average molecular weight is 271 g/mol. The summed E-state index contributed by atoms with van der Waals surface area (Å²) in [6, 6.07) is 4.54. The smallest absolute Gasteiger partial charge is 0.225 e. The standard InChI is InChI=1S/C6H5BrClNO2S/c7-4-2-1-3-5(6(4)8)12(9,10)11/h1-3H,(H2,9,10,11). The van der Waals surface area contributed by atoms with Crippen LogP contribution in [-0.2, 0) is 10.0 Å². The van der Waals surface area contributed by atoms with E-state index in [1.54, 1.807) is 12.1 Å². The predicted octanol–water partition coefficient (Wildman–Crippen LogP) is 1.75. The Morgan fingerprint density at radius 1 is 1.42 bits per heavy atom. The quantitative estimate of drug-likeness (QED) is 0.845. The highest BCUT2D eigenvalue weighted by molar-refractivity contribution is 9.10. The fraction of sp³-hybridized carbons (Fsp3) is 0. The predicted molar refractivity (Wildman–Crippen MR) is 50.5 cm³/mol. The fourth-order valence-electron chi connectivity index (χ4n) is 0.704. The lowest BCUT2D eigenvalue weighted by Crippen LogP contribution is -2.12. The molecule has 0 radical (unpaired) electrons. The van der Waals surface area contributed by atoms with Crippen LogP contribution in [0.2, 0.25) is 5.02 Å². The third-order valence-corrected chi connectivity index (χ3v) is 3.58. The van der Waals surface area contributed by atoms with Crippen LogP contribution >= 0.6 is 27.5 Å². The zero-order valence-corrected chi connectivity index (χ0v) is 8.95. The van der Waals surface area contributed by atoms with Crippen LogP contribution < -0.4 is 5.14 Å². The van der Waals surface area contributed by atoms with Gasteiger partial charge in [-0.05, 0) is 28.1 Å². The van der Waals surface area contributed by atoms with E-state index in [9.17, 15) is 8.42 Å². The lowest BCUT2D eigenvalue weighted by Gasteiger charge is -2.01. The Bertz CT molecular complexity index is 404. The van der Waals surface area contributed by atoms with Gasteiger partial charge in [0.25, 0.3) is 0 Å². The molecule has 0 unspecified atom stereocenters. The first-order valence-corrected chi connectivity index (χ1v) is 5.61. The van der Waals surface area contributed by atoms with Gasteiger partial charge in [-0.3, -0.25) is 0 Å². The number of benzene rings is 1. The minimum Gasteiger partial charge on any atom is -0.225 e. The van der Waals surface area contributed by atoms with Crippen molar-refractivity contribution in [3.05, 3.63) is 27.7 Å². The van der Waals surface area contributed by atoms with Crippen LogP contribution in [0.3, 0.4) is 0 Å². The highest BCUT2D eigenvalue weighted by atomic mass is 79.9. The Morgan fingerprint density at radius 2 is 2.00 bits per heavy atom. The maximum absolute atomic E-state index is 10.9. The van der Waals surface area contributed by atoms with E-state index in [-0.39, 0.29) is 9.92 Å². The van der Waals surface area contributed by atoms with Gasteiger partial charge >= 0.3 is 0 Å². The maximum atomic E-state index is 10.9. The number of sulfonamides is 1. The molecule has 3 nitrogen and oxygen atoms in total. The second-order valence-electron chi connectivity index (χ2n) is 2.10. The average Bonchev–Trinajstić information content (AvgIpc) is 1.92. The Morgan fingerprint density at radius 3 is 2.42 bits per heavy atom. The molecule has 0 saturated heterocycles. The topological polar surface area (TPSA) is 60.2 Å². The van der Waals surface area contributed by atoms with E-state index in [2.05, 4.69) is 15.9 Å². The van der Waals surface area contributed by atoms with Gasteiger partial charge in [-0.25, -0.2) is 13.6 Å². The lowest BCUT2D eigenvalue weighted by molar-refractivity contribution is 0.598. The maximum Gasteiger partial charge on any atom is 0.239 e. The molecule has 0 saturated carbocycles. The van der Waals surface area contributed by atoms with E-state index in [0.717, 1.165) is 0 Å². The number of hydrogen-bond acceptors (Lipinski definition) is 2. The summed E-state index contributed by atoms with van der Waals surface area (Å²) in [7, 11) is -3.72. The zero-order valence-electron chi connectivity index (χ0n) is 5.79. The van der Waals surface area contributed by atoms with Gasteiger partial charge in [0.05, 0.1) is 5.02 Å². The molecular formula is C6H5BrClNO2S. The minimum atomic E-state index is -3.72. The van der Waals surface area contributed by atoms with Gasteiger partial charge in [-0.1, -0.05) is 17.7 Å². The first-order chi connectivity index (χ1) is 5.43. The van der Waals surface area contributed by atoms with E-state index in [1.165, 1.54) is 6.07 Å².